The Balaban J connectivity index is 1.98. The van der Waals surface area contributed by atoms with E-state index in [0.717, 1.165) is 6.07 Å². The highest BCUT2D eigenvalue weighted by atomic mass is 19.3. The van der Waals surface area contributed by atoms with E-state index in [1.807, 2.05) is 0 Å². The number of likely N-dealkylation sites (tertiary alicyclic amines) is 1. The maximum Gasteiger partial charge on any atom is 0.267 e. The highest BCUT2D eigenvalue weighted by Crippen LogP contribution is 2.26. The van der Waals surface area contributed by atoms with Gasteiger partial charge in [-0.1, -0.05) is 24.0 Å². The van der Waals surface area contributed by atoms with E-state index in [4.69, 9.17) is 5.73 Å². The van der Waals surface area contributed by atoms with Crippen molar-refractivity contribution in [3.8, 4) is 23.1 Å². The van der Waals surface area contributed by atoms with Gasteiger partial charge in [-0.2, -0.15) is 0 Å². The van der Waals surface area contributed by atoms with Gasteiger partial charge in [0.2, 0.25) is 5.60 Å². The minimum atomic E-state index is -2.79. The van der Waals surface area contributed by atoms with Gasteiger partial charge in [0, 0.05) is 36.7 Å². The summed E-state index contributed by atoms with van der Waals surface area (Å²) < 4.78 is 26.2. The molecule has 1 unspecified atom stereocenters. The van der Waals surface area contributed by atoms with Crippen molar-refractivity contribution in [1.82, 2.24) is 9.88 Å². The molecule has 1 aromatic heterocycles. The monoisotopic (exact) mass is 385 g/mol. The van der Waals surface area contributed by atoms with Gasteiger partial charge in [0.25, 0.3) is 18.2 Å². The number of halogens is 2. The number of primary amides is 1. The molecular weight excluding hydrogens is 368 g/mol. The van der Waals surface area contributed by atoms with Gasteiger partial charge >= 0.3 is 0 Å². The Morgan fingerprint density at radius 1 is 1.36 bits per heavy atom. The minimum absolute atomic E-state index is 0.144. The molecule has 0 spiro atoms. The maximum atomic E-state index is 13.1. The van der Waals surface area contributed by atoms with Crippen LogP contribution in [-0.4, -0.2) is 46.0 Å². The summed E-state index contributed by atoms with van der Waals surface area (Å²) in [7, 11) is 1.58. The van der Waals surface area contributed by atoms with Gasteiger partial charge in [-0.25, -0.2) is 13.8 Å². The van der Waals surface area contributed by atoms with Crippen LogP contribution in [0.1, 0.15) is 34.5 Å². The van der Waals surface area contributed by atoms with Crippen LogP contribution in [0.4, 0.5) is 8.78 Å². The molecule has 144 valence electrons. The molecule has 3 N–H and O–H groups in total. The number of likely N-dealkylation sites (N-methyl/N-ethyl adjacent to an activating group) is 1. The van der Waals surface area contributed by atoms with E-state index in [1.54, 1.807) is 31.3 Å². The largest absolute Gasteiger partial charge is 0.369 e. The number of aromatic nitrogens is 1. The van der Waals surface area contributed by atoms with E-state index in [2.05, 4.69) is 16.8 Å². The number of alkyl halides is 2. The van der Waals surface area contributed by atoms with E-state index in [9.17, 15) is 23.5 Å². The Morgan fingerprint density at radius 3 is 2.71 bits per heavy atom. The molecule has 1 saturated heterocycles. The minimum Gasteiger partial charge on any atom is -0.369 e. The number of pyridine rings is 1. The lowest BCUT2D eigenvalue weighted by atomic mass is 10.0. The van der Waals surface area contributed by atoms with Crippen LogP contribution in [0.5, 0.6) is 0 Å². The number of carbonyl (C=O) groups excluding carboxylic acids is 2. The summed E-state index contributed by atoms with van der Waals surface area (Å²) in [6.07, 6.45) is -2.59. The lowest BCUT2D eigenvalue weighted by Gasteiger charge is -2.13. The maximum absolute atomic E-state index is 13.1. The number of hydrogen-bond donors (Lipinski definition) is 2. The van der Waals surface area contributed by atoms with Gasteiger partial charge in [0.15, 0.2) is 0 Å². The Bertz CT molecular complexity index is 1010. The first-order valence-corrected chi connectivity index (χ1v) is 8.41. The van der Waals surface area contributed by atoms with Crippen LogP contribution in [0.3, 0.4) is 0 Å². The fourth-order valence-electron chi connectivity index (χ4n) is 2.85. The zero-order valence-corrected chi connectivity index (χ0v) is 14.9. The van der Waals surface area contributed by atoms with Crippen molar-refractivity contribution in [2.24, 2.45) is 5.73 Å². The summed E-state index contributed by atoms with van der Waals surface area (Å²) in [5.41, 5.74) is 3.85. The van der Waals surface area contributed by atoms with Gasteiger partial charge in [-0.15, -0.1) is 0 Å². The van der Waals surface area contributed by atoms with Crippen molar-refractivity contribution in [3.05, 3.63) is 53.2 Å². The topological polar surface area (TPSA) is 96.5 Å². The molecule has 8 heteroatoms. The number of carbonyl (C=O) groups is 2. The molecule has 2 amide bonds. The molecule has 0 saturated carbocycles. The first-order valence-electron chi connectivity index (χ1n) is 8.41. The third-order valence-electron chi connectivity index (χ3n) is 4.43. The highest BCUT2D eigenvalue weighted by Gasteiger charge is 2.42. The molecule has 1 atom stereocenters. The lowest BCUT2D eigenvalue weighted by Crippen LogP contribution is -2.37. The summed E-state index contributed by atoms with van der Waals surface area (Å²) in [4.78, 5) is 28.8. The summed E-state index contributed by atoms with van der Waals surface area (Å²) >= 11 is 0. The van der Waals surface area contributed by atoms with Crippen molar-refractivity contribution in [2.45, 2.75) is 18.4 Å². The van der Waals surface area contributed by atoms with Crippen molar-refractivity contribution in [1.29, 1.82) is 0 Å². The molecule has 2 heterocycles. The van der Waals surface area contributed by atoms with Gasteiger partial charge < -0.3 is 15.7 Å². The fourth-order valence-corrected chi connectivity index (χ4v) is 2.85. The number of amides is 2. The molecule has 1 aliphatic rings. The number of nitrogens with two attached hydrogens (primary N) is 1. The average Bonchev–Trinajstić information content (AvgIpc) is 2.94. The SMILES string of the molecule is CN1CCC(O)(C#Cc2cccc(-c3cc(C(F)F)cc(C(N)=O)n3)c2)C1=O. The molecule has 3 rings (SSSR count). The Morgan fingerprint density at radius 2 is 2.11 bits per heavy atom. The van der Waals surface area contributed by atoms with Crippen molar-refractivity contribution in [2.75, 3.05) is 13.6 Å². The normalized spacial score (nSPS) is 18.9. The van der Waals surface area contributed by atoms with Crippen molar-refractivity contribution >= 4 is 11.8 Å². The molecule has 0 aliphatic carbocycles. The van der Waals surface area contributed by atoms with E-state index >= 15 is 0 Å². The smallest absolute Gasteiger partial charge is 0.267 e. The predicted molar refractivity (Wildman–Crippen MR) is 97.2 cm³/mol. The molecule has 28 heavy (non-hydrogen) atoms. The molecular formula is C20H17F2N3O3. The summed E-state index contributed by atoms with van der Waals surface area (Å²) in [6.45, 7) is 0.407. The lowest BCUT2D eigenvalue weighted by molar-refractivity contribution is -0.137. The van der Waals surface area contributed by atoms with Crippen LogP contribution >= 0.6 is 0 Å². The summed E-state index contributed by atoms with van der Waals surface area (Å²) in [5, 5.41) is 10.4. The summed E-state index contributed by atoms with van der Waals surface area (Å²) in [6, 6.07) is 8.60. The molecule has 0 radical (unpaired) electrons. The predicted octanol–water partition coefficient (Wildman–Crippen LogP) is 1.73. The second kappa shape index (κ2) is 7.37. The van der Waals surface area contributed by atoms with Gasteiger partial charge in [0.1, 0.15) is 5.69 Å². The number of hydrogen-bond acceptors (Lipinski definition) is 4. The number of nitrogens with zero attached hydrogens (tertiary/aromatic N) is 2. The van der Waals surface area contributed by atoms with Crippen LogP contribution in [0, 0.1) is 11.8 Å². The average molecular weight is 385 g/mol. The van der Waals surface area contributed by atoms with Crippen LogP contribution in [0.15, 0.2) is 36.4 Å². The fraction of sp³-hybridized carbons (Fsp3) is 0.250. The highest BCUT2D eigenvalue weighted by molar-refractivity contribution is 5.92. The first kappa shape index (κ1) is 19.5. The second-order valence-electron chi connectivity index (χ2n) is 6.50. The van der Waals surface area contributed by atoms with Crippen LogP contribution in [0.2, 0.25) is 0 Å². The second-order valence-corrected chi connectivity index (χ2v) is 6.50. The van der Waals surface area contributed by atoms with Crippen LogP contribution < -0.4 is 5.73 Å². The Labute approximate surface area is 160 Å². The summed E-state index contributed by atoms with van der Waals surface area (Å²) in [5.74, 6) is 3.96. The van der Waals surface area contributed by atoms with Crippen molar-refractivity contribution < 1.29 is 23.5 Å². The third kappa shape index (κ3) is 3.85. The van der Waals surface area contributed by atoms with E-state index in [0.29, 0.717) is 17.7 Å². The zero-order valence-electron chi connectivity index (χ0n) is 14.9. The van der Waals surface area contributed by atoms with E-state index in [1.165, 1.54) is 11.0 Å². The molecule has 6 nitrogen and oxygen atoms in total. The quantitative estimate of drug-likeness (QED) is 0.787. The molecule has 1 aromatic carbocycles. The third-order valence-corrected chi connectivity index (χ3v) is 4.43. The number of benzene rings is 1. The number of aliphatic hydroxyl groups is 1. The van der Waals surface area contributed by atoms with Gasteiger partial charge in [0.05, 0.1) is 5.69 Å². The van der Waals surface area contributed by atoms with Crippen LogP contribution in [-0.2, 0) is 4.79 Å². The van der Waals surface area contributed by atoms with Crippen LogP contribution in [0.25, 0.3) is 11.3 Å². The van der Waals surface area contributed by atoms with E-state index in [-0.39, 0.29) is 23.4 Å². The van der Waals surface area contributed by atoms with Gasteiger partial charge in [-0.05, 0) is 24.3 Å². The molecule has 1 fully saturated rings. The molecule has 0 bridgehead atoms. The molecule has 1 aliphatic heterocycles. The number of rotatable bonds is 3. The van der Waals surface area contributed by atoms with Crippen molar-refractivity contribution in [3.63, 3.8) is 0 Å². The van der Waals surface area contributed by atoms with E-state index < -0.39 is 23.8 Å². The Hall–Kier alpha value is -3.31. The zero-order chi connectivity index (χ0) is 20.5. The van der Waals surface area contributed by atoms with Gasteiger partial charge in [-0.3, -0.25) is 9.59 Å². The molecule has 2 aromatic rings. The Kier molecular flexibility index (Phi) is 5.12. The first-order chi connectivity index (χ1) is 13.2. The standard InChI is InChI=1S/C20H17F2N3O3/c1-25-8-7-20(28,19(25)27)6-5-12-3-2-4-13(9-12)15-10-14(17(21)22)11-16(24-15)18(23)26/h2-4,9-11,17,28H,7-8H2,1H3,(H2,23,26).